The lowest BCUT2D eigenvalue weighted by Gasteiger charge is -2.20. The number of aromatic amines is 1. The molecule has 8 nitrogen and oxygen atoms in total. The number of carbonyl (C=O) groups is 1. The van der Waals surface area contributed by atoms with Crippen molar-refractivity contribution in [1.29, 1.82) is 0 Å². The van der Waals surface area contributed by atoms with Crippen LogP contribution in [0.2, 0.25) is 0 Å². The van der Waals surface area contributed by atoms with Gasteiger partial charge in [0.15, 0.2) is 0 Å². The summed E-state index contributed by atoms with van der Waals surface area (Å²) in [7, 11) is 0. The number of rotatable bonds is 5. The molecule has 4 heterocycles. The molecule has 3 unspecified atom stereocenters. The SMILES string of the molecule is Cc1nc(N2CC3CC3C2)ccc1Cn1cc(C(=O)NC2CCc3c2n[nH]c3C)cn1. The van der Waals surface area contributed by atoms with Gasteiger partial charge in [0, 0.05) is 30.7 Å². The van der Waals surface area contributed by atoms with Crippen molar-refractivity contribution in [2.75, 3.05) is 18.0 Å². The summed E-state index contributed by atoms with van der Waals surface area (Å²) in [5, 5.41) is 14.9. The lowest BCUT2D eigenvalue weighted by molar-refractivity contribution is 0.0936. The zero-order valence-electron chi connectivity index (χ0n) is 17.9. The summed E-state index contributed by atoms with van der Waals surface area (Å²) >= 11 is 0. The standard InChI is InChI=1S/C23H27N7O/c1-13-15(3-6-21(25-13)29-9-16-7-17(16)10-29)11-30-12-18(8-24-30)23(31)26-20-5-4-19-14(2)27-28-22(19)20/h3,6,8,12,16-17,20H,4-5,7,9-11H2,1-2H3,(H,26,31)(H,27,28). The number of anilines is 1. The number of nitrogens with zero attached hydrogens (tertiary/aromatic N) is 5. The van der Waals surface area contributed by atoms with Gasteiger partial charge in [-0.15, -0.1) is 0 Å². The Balaban J connectivity index is 1.12. The number of H-pyrrole nitrogens is 1. The van der Waals surface area contributed by atoms with E-state index in [1.54, 1.807) is 6.20 Å². The molecular formula is C23H27N7O. The first-order valence-corrected chi connectivity index (χ1v) is 11.1. The fourth-order valence-electron chi connectivity index (χ4n) is 5.13. The zero-order valence-corrected chi connectivity index (χ0v) is 17.9. The molecule has 1 amide bonds. The van der Waals surface area contributed by atoms with Crippen molar-refractivity contribution >= 4 is 11.7 Å². The van der Waals surface area contributed by atoms with Crippen LogP contribution in [0.4, 0.5) is 5.82 Å². The van der Waals surface area contributed by atoms with E-state index in [0.717, 1.165) is 66.2 Å². The van der Waals surface area contributed by atoms with E-state index in [2.05, 4.69) is 44.6 Å². The molecule has 1 saturated heterocycles. The Kier molecular flexibility index (Phi) is 4.16. The van der Waals surface area contributed by atoms with Crippen LogP contribution >= 0.6 is 0 Å². The molecule has 2 N–H and O–H groups in total. The summed E-state index contributed by atoms with van der Waals surface area (Å²) in [4.78, 5) is 20.0. The maximum Gasteiger partial charge on any atom is 0.255 e. The molecule has 0 bridgehead atoms. The van der Waals surface area contributed by atoms with Crippen LogP contribution in [-0.4, -0.2) is 44.0 Å². The third-order valence-corrected chi connectivity index (χ3v) is 7.14. The maximum atomic E-state index is 12.8. The Hall–Kier alpha value is -3.16. The monoisotopic (exact) mass is 417 g/mol. The minimum Gasteiger partial charge on any atom is -0.356 e. The predicted molar refractivity (Wildman–Crippen MR) is 116 cm³/mol. The van der Waals surface area contributed by atoms with Crippen molar-refractivity contribution in [2.45, 2.75) is 45.7 Å². The van der Waals surface area contributed by atoms with E-state index in [0.29, 0.717) is 12.1 Å². The quantitative estimate of drug-likeness (QED) is 0.666. The number of nitrogens with one attached hydrogen (secondary N) is 2. The Labute approximate surface area is 181 Å². The van der Waals surface area contributed by atoms with Crippen molar-refractivity contribution in [1.82, 2.24) is 30.3 Å². The average Bonchev–Trinajstić information content (AvgIpc) is 3.22. The lowest BCUT2D eigenvalue weighted by atomic mass is 10.2. The van der Waals surface area contributed by atoms with Gasteiger partial charge in [0.1, 0.15) is 5.82 Å². The zero-order chi connectivity index (χ0) is 21.1. The minimum atomic E-state index is -0.109. The summed E-state index contributed by atoms with van der Waals surface area (Å²) in [5.74, 6) is 2.76. The first-order chi connectivity index (χ1) is 15.0. The highest BCUT2D eigenvalue weighted by atomic mass is 16.1. The Morgan fingerprint density at radius 2 is 2.10 bits per heavy atom. The van der Waals surface area contributed by atoms with Crippen LogP contribution in [0.25, 0.3) is 0 Å². The van der Waals surface area contributed by atoms with E-state index in [1.807, 2.05) is 17.8 Å². The number of hydrogen-bond acceptors (Lipinski definition) is 5. The summed E-state index contributed by atoms with van der Waals surface area (Å²) in [6.45, 7) is 6.97. The summed E-state index contributed by atoms with van der Waals surface area (Å²) < 4.78 is 1.81. The van der Waals surface area contributed by atoms with Crippen LogP contribution in [0, 0.1) is 25.7 Å². The molecule has 3 aromatic heterocycles. The largest absolute Gasteiger partial charge is 0.356 e. The first-order valence-electron chi connectivity index (χ1n) is 11.1. The van der Waals surface area contributed by atoms with Crippen molar-refractivity contribution in [3.8, 4) is 0 Å². The van der Waals surface area contributed by atoms with E-state index < -0.39 is 0 Å². The fourth-order valence-corrected chi connectivity index (χ4v) is 5.13. The van der Waals surface area contributed by atoms with Gasteiger partial charge in [-0.2, -0.15) is 10.2 Å². The molecule has 3 aliphatic rings. The normalized spacial score (nSPS) is 23.7. The van der Waals surface area contributed by atoms with Gasteiger partial charge in [-0.3, -0.25) is 14.6 Å². The molecular weight excluding hydrogens is 390 g/mol. The molecule has 0 aromatic carbocycles. The summed E-state index contributed by atoms with van der Waals surface area (Å²) in [6, 6.07) is 4.22. The van der Waals surface area contributed by atoms with Gasteiger partial charge in [-0.05, 0) is 62.1 Å². The highest BCUT2D eigenvalue weighted by Crippen LogP contribution is 2.46. The molecule has 0 radical (unpaired) electrons. The summed E-state index contributed by atoms with van der Waals surface area (Å²) in [5.41, 5.74) is 6.01. The first kappa shape index (κ1) is 18.6. The minimum absolute atomic E-state index is 0.0357. The molecule has 31 heavy (non-hydrogen) atoms. The van der Waals surface area contributed by atoms with Crippen LogP contribution in [0.1, 0.15) is 57.5 Å². The molecule has 160 valence electrons. The molecule has 3 aromatic rings. The molecule has 0 spiro atoms. The van der Waals surface area contributed by atoms with Gasteiger partial charge in [-0.25, -0.2) is 4.98 Å². The molecule has 1 aliphatic heterocycles. The van der Waals surface area contributed by atoms with Gasteiger partial charge < -0.3 is 10.2 Å². The molecule has 8 heteroatoms. The fraction of sp³-hybridized carbons (Fsp3) is 0.478. The Morgan fingerprint density at radius 1 is 1.26 bits per heavy atom. The van der Waals surface area contributed by atoms with Gasteiger partial charge in [0.05, 0.1) is 30.0 Å². The van der Waals surface area contributed by atoms with Crippen LogP contribution in [-0.2, 0) is 13.0 Å². The third kappa shape index (κ3) is 3.30. The van der Waals surface area contributed by atoms with Crippen molar-refractivity contribution in [3.05, 3.63) is 58.3 Å². The molecule has 2 fully saturated rings. The number of amides is 1. The Morgan fingerprint density at radius 3 is 2.90 bits per heavy atom. The smallest absolute Gasteiger partial charge is 0.255 e. The van der Waals surface area contributed by atoms with Crippen LogP contribution in [0.3, 0.4) is 0 Å². The molecule has 3 atom stereocenters. The third-order valence-electron chi connectivity index (χ3n) is 7.14. The second-order valence-corrected chi connectivity index (χ2v) is 9.28. The number of pyridine rings is 1. The van der Waals surface area contributed by atoms with Gasteiger partial charge in [-0.1, -0.05) is 6.07 Å². The van der Waals surface area contributed by atoms with Crippen LogP contribution in [0.15, 0.2) is 24.5 Å². The molecule has 2 aliphatic carbocycles. The van der Waals surface area contributed by atoms with E-state index in [4.69, 9.17) is 4.98 Å². The van der Waals surface area contributed by atoms with Gasteiger partial charge >= 0.3 is 0 Å². The van der Waals surface area contributed by atoms with Crippen LogP contribution < -0.4 is 10.2 Å². The van der Waals surface area contributed by atoms with E-state index >= 15 is 0 Å². The molecule has 6 rings (SSSR count). The second-order valence-electron chi connectivity index (χ2n) is 9.28. The van der Waals surface area contributed by atoms with E-state index in [1.165, 1.54) is 12.0 Å². The van der Waals surface area contributed by atoms with Crippen molar-refractivity contribution < 1.29 is 4.79 Å². The average molecular weight is 418 g/mol. The number of carbonyl (C=O) groups excluding carboxylic acids is 1. The highest BCUT2D eigenvalue weighted by Gasteiger charge is 2.45. The summed E-state index contributed by atoms with van der Waals surface area (Å²) in [6.07, 6.45) is 6.68. The number of piperidine rings is 1. The predicted octanol–water partition coefficient (Wildman–Crippen LogP) is 2.54. The van der Waals surface area contributed by atoms with Crippen molar-refractivity contribution in [3.63, 3.8) is 0 Å². The second kappa shape index (κ2) is 6.93. The highest BCUT2D eigenvalue weighted by molar-refractivity contribution is 5.94. The van der Waals surface area contributed by atoms with Gasteiger partial charge in [0.2, 0.25) is 0 Å². The number of aryl methyl sites for hydroxylation is 2. The Bertz CT molecular complexity index is 1150. The molecule has 1 saturated carbocycles. The number of hydrogen-bond donors (Lipinski definition) is 2. The van der Waals surface area contributed by atoms with E-state index in [-0.39, 0.29) is 11.9 Å². The van der Waals surface area contributed by atoms with Gasteiger partial charge in [0.25, 0.3) is 5.91 Å². The van der Waals surface area contributed by atoms with Crippen LogP contribution in [0.5, 0.6) is 0 Å². The maximum absolute atomic E-state index is 12.8. The van der Waals surface area contributed by atoms with E-state index in [9.17, 15) is 4.79 Å². The topological polar surface area (TPSA) is 91.7 Å². The lowest BCUT2D eigenvalue weighted by Crippen LogP contribution is -2.27. The number of aromatic nitrogens is 5. The number of fused-ring (bicyclic) bond motifs is 2. The van der Waals surface area contributed by atoms with Crippen molar-refractivity contribution in [2.24, 2.45) is 11.8 Å².